The lowest BCUT2D eigenvalue weighted by Crippen LogP contribution is -2.38. The fraction of sp³-hybridized carbons (Fsp3) is 0.400. The molecule has 1 atom stereocenters. The minimum absolute atomic E-state index is 0.169. The number of benzene rings is 1. The van der Waals surface area contributed by atoms with Crippen molar-refractivity contribution in [3.05, 3.63) is 44.8 Å². The molecule has 0 saturated carbocycles. The number of piperidine rings is 1. The fourth-order valence-corrected chi connectivity index (χ4v) is 3.01. The maximum Gasteiger partial charge on any atom is 0.417 e. The number of hydrogen-bond donors (Lipinski definition) is 0. The Labute approximate surface area is 121 Å². The third-order valence-electron chi connectivity index (χ3n) is 4.04. The molecule has 0 N–H and O–H groups in total. The highest BCUT2D eigenvalue weighted by Crippen LogP contribution is 2.36. The van der Waals surface area contributed by atoms with Gasteiger partial charge in [-0.15, -0.1) is 0 Å². The Morgan fingerprint density at radius 3 is 2.81 bits per heavy atom. The van der Waals surface area contributed by atoms with Crippen molar-refractivity contribution in [2.24, 2.45) is 0 Å². The summed E-state index contributed by atoms with van der Waals surface area (Å²) in [5.74, 6) is 0. The van der Waals surface area contributed by atoms with E-state index < -0.39 is 16.2 Å². The molecular formula is C15H16N2O4. The Bertz CT molecular complexity index is 753. The van der Waals surface area contributed by atoms with Gasteiger partial charge in [0.1, 0.15) is 11.3 Å². The zero-order chi connectivity index (χ0) is 15.0. The number of nitrogens with zero attached hydrogens (tertiary/aromatic N) is 2. The topological polar surface area (TPSA) is 76.6 Å². The third kappa shape index (κ3) is 2.26. The Morgan fingerprint density at radius 2 is 2.10 bits per heavy atom. The van der Waals surface area contributed by atoms with E-state index in [1.54, 1.807) is 24.3 Å². The molecule has 2 aromatic rings. The first-order valence-electron chi connectivity index (χ1n) is 7.06. The molecule has 1 aliphatic heterocycles. The minimum Gasteiger partial charge on any atom is -0.418 e. The molecule has 0 radical (unpaired) electrons. The quantitative estimate of drug-likeness (QED) is 0.482. The predicted molar refractivity (Wildman–Crippen MR) is 79.8 cm³/mol. The molecule has 0 bridgehead atoms. The number of para-hydroxylation sites is 1. The lowest BCUT2D eigenvalue weighted by Gasteiger charge is -2.35. The van der Waals surface area contributed by atoms with Crippen molar-refractivity contribution in [1.82, 2.24) is 0 Å². The van der Waals surface area contributed by atoms with E-state index in [2.05, 4.69) is 0 Å². The zero-order valence-electron chi connectivity index (χ0n) is 11.7. The Hall–Kier alpha value is -2.37. The van der Waals surface area contributed by atoms with Crippen molar-refractivity contribution in [3.8, 4) is 0 Å². The summed E-state index contributed by atoms with van der Waals surface area (Å²) in [6, 6.07) is 7.15. The molecule has 0 aliphatic carbocycles. The van der Waals surface area contributed by atoms with Gasteiger partial charge in [-0.25, -0.2) is 4.79 Å². The second kappa shape index (κ2) is 5.20. The van der Waals surface area contributed by atoms with Gasteiger partial charge in [0, 0.05) is 18.0 Å². The average molecular weight is 288 g/mol. The molecule has 1 saturated heterocycles. The van der Waals surface area contributed by atoms with Crippen LogP contribution in [-0.4, -0.2) is 17.5 Å². The highest BCUT2D eigenvalue weighted by molar-refractivity contribution is 5.95. The van der Waals surface area contributed by atoms with Crippen LogP contribution in [0.5, 0.6) is 0 Å². The lowest BCUT2D eigenvalue weighted by molar-refractivity contribution is -0.386. The van der Waals surface area contributed by atoms with Crippen molar-refractivity contribution < 1.29 is 9.34 Å². The lowest BCUT2D eigenvalue weighted by atomic mass is 10.0. The van der Waals surface area contributed by atoms with Crippen LogP contribution in [0.25, 0.3) is 11.0 Å². The van der Waals surface area contributed by atoms with Gasteiger partial charge in [-0.1, -0.05) is 12.1 Å². The van der Waals surface area contributed by atoms with E-state index in [1.807, 2.05) is 11.8 Å². The second-order valence-electron chi connectivity index (χ2n) is 5.38. The second-order valence-corrected chi connectivity index (χ2v) is 5.38. The average Bonchev–Trinajstić information content (AvgIpc) is 2.46. The van der Waals surface area contributed by atoms with Crippen LogP contribution in [0.1, 0.15) is 26.2 Å². The largest absolute Gasteiger partial charge is 0.418 e. The van der Waals surface area contributed by atoms with E-state index in [9.17, 15) is 14.9 Å². The number of nitro groups is 1. The molecule has 110 valence electrons. The zero-order valence-corrected chi connectivity index (χ0v) is 11.7. The number of hydrogen-bond acceptors (Lipinski definition) is 5. The van der Waals surface area contributed by atoms with Crippen LogP contribution in [0.4, 0.5) is 11.4 Å². The Morgan fingerprint density at radius 1 is 1.33 bits per heavy atom. The van der Waals surface area contributed by atoms with E-state index in [0.717, 1.165) is 25.8 Å². The maximum absolute atomic E-state index is 12.0. The van der Waals surface area contributed by atoms with Crippen LogP contribution in [0.3, 0.4) is 0 Å². The van der Waals surface area contributed by atoms with Crippen LogP contribution < -0.4 is 10.5 Å². The highest BCUT2D eigenvalue weighted by Gasteiger charge is 2.31. The predicted octanol–water partition coefficient (Wildman–Crippen LogP) is 3.08. The van der Waals surface area contributed by atoms with Crippen molar-refractivity contribution in [2.75, 3.05) is 11.4 Å². The summed E-state index contributed by atoms with van der Waals surface area (Å²) in [5, 5.41) is 12.0. The molecule has 1 fully saturated rings. The van der Waals surface area contributed by atoms with Gasteiger partial charge in [0.2, 0.25) is 0 Å². The summed E-state index contributed by atoms with van der Waals surface area (Å²) < 4.78 is 5.10. The molecule has 0 amide bonds. The fourth-order valence-electron chi connectivity index (χ4n) is 3.01. The van der Waals surface area contributed by atoms with Crippen molar-refractivity contribution >= 4 is 22.3 Å². The molecule has 6 heteroatoms. The molecule has 0 spiro atoms. The standard InChI is InChI=1S/C15H16N2O4/c1-10-6-4-5-9-16(10)13-11-7-2-3-8-12(11)21-15(18)14(13)17(19)20/h2-3,7-8,10H,4-6,9H2,1H3/t10-/m1/s1. The van der Waals surface area contributed by atoms with E-state index in [-0.39, 0.29) is 6.04 Å². The monoisotopic (exact) mass is 288 g/mol. The molecule has 1 aromatic heterocycles. The van der Waals surface area contributed by atoms with Gasteiger partial charge in [0.15, 0.2) is 0 Å². The van der Waals surface area contributed by atoms with Gasteiger partial charge in [-0.2, -0.15) is 0 Å². The summed E-state index contributed by atoms with van der Waals surface area (Å²) in [4.78, 5) is 24.7. The molecule has 6 nitrogen and oxygen atoms in total. The molecule has 3 rings (SSSR count). The Balaban J connectivity index is 2.33. The van der Waals surface area contributed by atoms with Gasteiger partial charge in [0.05, 0.1) is 4.92 Å². The SMILES string of the molecule is C[C@@H]1CCCCN1c1c([N+](=O)[O-])c(=O)oc2ccccc12. The maximum atomic E-state index is 12.0. The van der Waals surface area contributed by atoms with Gasteiger partial charge in [-0.3, -0.25) is 10.1 Å². The normalized spacial score (nSPS) is 18.9. The number of fused-ring (bicyclic) bond motifs is 1. The molecule has 0 unspecified atom stereocenters. The highest BCUT2D eigenvalue weighted by atomic mass is 16.6. The molecule has 2 heterocycles. The van der Waals surface area contributed by atoms with Gasteiger partial charge in [0.25, 0.3) is 0 Å². The van der Waals surface area contributed by atoms with Crippen LogP contribution in [0.15, 0.2) is 33.5 Å². The first kappa shape index (κ1) is 13.6. The number of anilines is 1. The summed E-state index contributed by atoms with van der Waals surface area (Å²) in [6.45, 7) is 2.75. The smallest absolute Gasteiger partial charge is 0.417 e. The summed E-state index contributed by atoms with van der Waals surface area (Å²) in [7, 11) is 0. The van der Waals surface area contributed by atoms with Gasteiger partial charge < -0.3 is 9.32 Å². The molecule has 21 heavy (non-hydrogen) atoms. The van der Waals surface area contributed by atoms with Crippen molar-refractivity contribution in [3.63, 3.8) is 0 Å². The van der Waals surface area contributed by atoms with Crippen LogP contribution in [-0.2, 0) is 0 Å². The van der Waals surface area contributed by atoms with E-state index in [0.29, 0.717) is 16.7 Å². The molecule has 1 aromatic carbocycles. The van der Waals surface area contributed by atoms with Gasteiger partial charge in [-0.05, 0) is 38.3 Å². The molecule has 1 aliphatic rings. The first-order valence-corrected chi connectivity index (χ1v) is 7.06. The van der Waals surface area contributed by atoms with Crippen LogP contribution >= 0.6 is 0 Å². The summed E-state index contributed by atoms with van der Waals surface area (Å²) in [6.07, 6.45) is 3.03. The van der Waals surface area contributed by atoms with E-state index >= 15 is 0 Å². The minimum atomic E-state index is -0.883. The van der Waals surface area contributed by atoms with E-state index in [1.165, 1.54) is 0 Å². The summed E-state index contributed by atoms with van der Waals surface area (Å²) in [5.41, 5.74) is -0.547. The van der Waals surface area contributed by atoms with E-state index in [4.69, 9.17) is 4.42 Å². The van der Waals surface area contributed by atoms with Crippen LogP contribution in [0.2, 0.25) is 0 Å². The number of rotatable bonds is 2. The first-order chi connectivity index (χ1) is 10.1. The van der Waals surface area contributed by atoms with Crippen LogP contribution in [0, 0.1) is 10.1 Å². The summed E-state index contributed by atoms with van der Waals surface area (Å²) >= 11 is 0. The van der Waals surface area contributed by atoms with Gasteiger partial charge >= 0.3 is 11.3 Å². The Kier molecular flexibility index (Phi) is 3.37. The third-order valence-corrected chi connectivity index (χ3v) is 4.04. The molecular weight excluding hydrogens is 272 g/mol. The van der Waals surface area contributed by atoms with Crippen molar-refractivity contribution in [1.29, 1.82) is 0 Å². The van der Waals surface area contributed by atoms with Crippen molar-refractivity contribution in [2.45, 2.75) is 32.2 Å².